The Hall–Kier alpha value is -0.780. The van der Waals surface area contributed by atoms with E-state index in [0.29, 0.717) is 5.41 Å². The summed E-state index contributed by atoms with van der Waals surface area (Å²) in [6, 6.07) is 8.86. The van der Waals surface area contributed by atoms with Crippen molar-refractivity contribution in [3.05, 3.63) is 35.4 Å². The average Bonchev–Trinajstić information content (AvgIpc) is 2.38. The quantitative estimate of drug-likeness (QED) is 0.450. The fraction of sp³-hybridized carbons (Fsp3) is 0.684. The van der Waals surface area contributed by atoms with E-state index in [9.17, 15) is 0 Å². The van der Waals surface area contributed by atoms with E-state index >= 15 is 0 Å². The molecule has 0 saturated carbocycles. The highest BCUT2D eigenvalue weighted by Crippen LogP contribution is 2.31. The molecule has 1 aromatic rings. The smallest absolute Gasteiger partial charge is 0.0101 e. The van der Waals surface area contributed by atoms with Crippen molar-refractivity contribution in [1.29, 1.82) is 0 Å². The number of aryl methyl sites for hydroxylation is 1. The Labute approximate surface area is 120 Å². The molecule has 0 bridgehead atoms. The van der Waals surface area contributed by atoms with E-state index in [-0.39, 0.29) is 0 Å². The van der Waals surface area contributed by atoms with Gasteiger partial charge in [-0.15, -0.1) is 0 Å². The van der Waals surface area contributed by atoms with Gasteiger partial charge in [-0.05, 0) is 29.9 Å². The zero-order valence-corrected chi connectivity index (χ0v) is 13.5. The maximum atomic E-state index is 2.40. The van der Waals surface area contributed by atoms with E-state index in [1.54, 1.807) is 0 Å². The highest BCUT2D eigenvalue weighted by Gasteiger charge is 2.21. The molecule has 0 spiro atoms. The van der Waals surface area contributed by atoms with Gasteiger partial charge in [0.15, 0.2) is 0 Å². The predicted molar refractivity (Wildman–Crippen MR) is 86.8 cm³/mol. The van der Waals surface area contributed by atoms with Gasteiger partial charge in [0.05, 0.1) is 0 Å². The van der Waals surface area contributed by atoms with Crippen molar-refractivity contribution in [3.63, 3.8) is 0 Å². The molecule has 0 aliphatic heterocycles. The van der Waals surface area contributed by atoms with E-state index < -0.39 is 0 Å². The number of rotatable bonds is 9. The van der Waals surface area contributed by atoms with Crippen LogP contribution in [0.5, 0.6) is 0 Å². The topological polar surface area (TPSA) is 0 Å². The second-order valence-corrected chi connectivity index (χ2v) is 6.57. The van der Waals surface area contributed by atoms with Gasteiger partial charge in [-0.1, -0.05) is 90.0 Å². The molecule has 0 saturated heterocycles. The molecule has 0 amide bonds. The lowest BCUT2D eigenvalue weighted by atomic mass is 9.78. The molecule has 0 aromatic heterocycles. The molecule has 0 aliphatic carbocycles. The van der Waals surface area contributed by atoms with Crippen LogP contribution in [0.2, 0.25) is 0 Å². The lowest BCUT2D eigenvalue weighted by Gasteiger charge is -2.27. The molecule has 108 valence electrons. The third-order valence-electron chi connectivity index (χ3n) is 4.28. The van der Waals surface area contributed by atoms with Gasteiger partial charge in [-0.2, -0.15) is 0 Å². The van der Waals surface area contributed by atoms with Crippen LogP contribution in [0.3, 0.4) is 0 Å². The van der Waals surface area contributed by atoms with Crippen LogP contribution < -0.4 is 0 Å². The summed E-state index contributed by atoms with van der Waals surface area (Å²) in [6.45, 7) is 9.31. The summed E-state index contributed by atoms with van der Waals surface area (Å²) in [6.07, 6.45) is 11.1. The molecule has 0 radical (unpaired) electrons. The second kappa shape index (κ2) is 8.40. The first kappa shape index (κ1) is 16.3. The third kappa shape index (κ3) is 5.80. The second-order valence-electron chi connectivity index (χ2n) is 6.57. The normalized spacial score (nSPS) is 11.8. The third-order valence-corrected chi connectivity index (χ3v) is 4.28. The number of unbranched alkanes of at least 4 members (excludes halogenated alkanes) is 6. The minimum Gasteiger partial charge on any atom is -0.0654 e. The van der Waals surface area contributed by atoms with Crippen LogP contribution in [0.25, 0.3) is 0 Å². The standard InChI is InChI=1S/C19H32/c1-5-6-7-8-9-10-13-16-19(3,4)18-15-12-11-14-17(18)2/h11-12,14-15H,5-10,13,16H2,1-4H3. The van der Waals surface area contributed by atoms with Gasteiger partial charge in [0, 0.05) is 0 Å². The summed E-state index contributed by atoms with van der Waals surface area (Å²) < 4.78 is 0. The van der Waals surface area contributed by atoms with Crippen molar-refractivity contribution in [2.45, 2.75) is 84.5 Å². The molecule has 1 aromatic carbocycles. The van der Waals surface area contributed by atoms with Crippen molar-refractivity contribution in [1.82, 2.24) is 0 Å². The fourth-order valence-electron chi connectivity index (χ4n) is 2.99. The maximum Gasteiger partial charge on any atom is -0.0101 e. The highest BCUT2D eigenvalue weighted by molar-refractivity contribution is 5.32. The fourth-order valence-corrected chi connectivity index (χ4v) is 2.99. The minimum atomic E-state index is 0.328. The van der Waals surface area contributed by atoms with Crippen LogP contribution in [-0.2, 0) is 5.41 Å². The molecule has 19 heavy (non-hydrogen) atoms. The SMILES string of the molecule is CCCCCCCCCC(C)(C)c1ccccc1C. The number of benzene rings is 1. The van der Waals surface area contributed by atoms with Crippen LogP contribution in [0.4, 0.5) is 0 Å². The van der Waals surface area contributed by atoms with Gasteiger partial charge in [0.25, 0.3) is 0 Å². The van der Waals surface area contributed by atoms with Gasteiger partial charge in [0.1, 0.15) is 0 Å². The molecule has 0 fully saturated rings. The zero-order valence-electron chi connectivity index (χ0n) is 13.5. The summed E-state index contributed by atoms with van der Waals surface area (Å²) in [5.41, 5.74) is 3.30. The molecule has 0 unspecified atom stereocenters. The average molecular weight is 260 g/mol. The molecule has 1 rings (SSSR count). The van der Waals surface area contributed by atoms with Crippen LogP contribution in [0.1, 0.15) is 83.3 Å². The Morgan fingerprint density at radius 3 is 2.05 bits per heavy atom. The molecule has 0 heterocycles. The summed E-state index contributed by atoms with van der Waals surface area (Å²) in [7, 11) is 0. The van der Waals surface area contributed by atoms with Crippen molar-refractivity contribution >= 4 is 0 Å². The van der Waals surface area contributed by atoms with Crippen molar-refractivity contribution < 1.29 is 0 Å². The maximum absolute atomic E-state index is 2.40. The van der Waals surface area contributed by atoms with Crippen molar-refractivity contribution in [2.75, 3.05) is 0 Å². The van der Waals surface area contributed by atoms with Gasteiger partial charge in [-0.3, -0.25) is 0 Å². The zero-order chi connectivity index (χ0) is 14.1. The minimum absolute atomic E-state index is 0.328. The Balaban J connectivity index is 2.30. The molecular formula is C19H32. The van der Waals surface area contributed by atoms with Crippen LogP contribution in [-0.4, -0.2) is 0 Å². The van der Waals surface area contributed by atoms with Gasteiger partial charge in [-0.25, -0.2) is 0 Å². The van der Waals surface area contributed by atoms with E-state index in [0.717, 1.165) is 0 Å². The number of hydrogen-bond donors (Lipinski definition) is 0. The number of hydrogen-bond acceptors (Lipinski definition) is 0. The first-order valence-corrected chi connectivity index (χ1v) is 8.14. The van der Waals surface area contributed by atoms with Crippen LogP contribution >= 0.6 is 0 Å². The van der Waals surface area contributed by atoms with E-state index in [4.69, 9.17) is 0 Å². The van der Waals surface area contributed by atoms with E-state index in [2.05, 4.69) is 52.0 Å². The first-order chi connectivity index (χ1) is 9.08. The summed E-state index contributed by atoms with van der Waals surface area (Å²) in [5, 5.41) is 0. The lowest BCUT2D eigenvalue weighted by molar-refractivity contribution is 0.440. The predicted octanol–water partition coefficient (Wildman–Crippen LogP) is 6.41. The Bertz CT molecular complexity index is 349. The molecule has 0 N–H and O–H groups in total. The summed E-state index contributed by atoms with van der Waals surface area (Å²) in [5.74, 6) is 0. The molecular weight excluding hydrogens is 228 g/mol. The largest absolute Gasteiger partial charge is 0.0654 e. The van der Waals surface area contributed by atoms with Crippen molar-refractivity contribution in [2.24, 2.45) is 0 Å². The Morgan fingerprint density at radius 2 is 1.42 bits per heavy atom. The molecule has 0 atom stereocenters. The summed E-state index contributed by atoms with van der Waals surface area (Å²) in [4.78, 5) is 0. The van der Waals surface area contributed by atoms with Gasteiger partial charge in [0.2, 0.25) is 0 Å². The molecule has 0 aliphatic rings. The Morgan fingerprint density at radius 1 is 0.842 bits per heavy atom. The van der Waals surface area contributed by atoms with E-state index in [1.807, 2.05) is 0 Å². The molecule has 0 heteroatoms. The van der Waals surface area contributed by atoms with Gasteiger partial charge < -0.3 is 0 Å². The lowest BCUT2D eigenvalue weighted by Crippen LogP contribution is -2.18. The van der Waals surface area contributed by atoms with Crippen LogP contribution in [0, 0.1) is 6.92 Å². The molecule has 0 nitrogen and oxygen atoms in total. The summed E-state index contributed by atoms with van der Waals surface area (Å²) >= 11 is 0. The van der Waals surface area contributed by atoms with E-state index in [1.165, 1.54) is 62.5 Å². The van der Waals surface area contributed by atoms with Crippen molar-refractivity contribution in [3.8, 4) is 0 Å². The van der Waals surface area contributed by atoms with Gasteiger partial charge >= 0.3 is 0 Å². The van der Waals surface area contributed by atoms with Crippen LogP contribution in [0.15, 0.2) is 24.3 Å². The monoisotopic (exact) mass is 260 g/mol. The Kier molecular flexibility index (Phi) is 7.20. The first-order valence-electron chi connectivity index (χ1n) is 8.14. The highest BCUT2D eigenvalue weighted by atomic mass is 14.3.